The fourth-order valence-electron chi connectivity index (χ4n) is 3.27. The molecule has 2 atom stereocenters. The number of benzene rings is 1. The summed E-state index contributed by atoms with van der Waals surface area (Å²) in [5.74, 6) is 1.83. The highest BCUT2D eigenvalue weighted by Crippen LogP contribution is 2.31. The second kappa shape index (κ2) is 5.15. The van der Waals surface area contributed by atoms with E-state index < -0.39 is 0 Å². The number of likely N-dealkylation sites (N-methyl/N-ethyl adjacent to an activating group) is 1. The van der Waals surface area contributed by atoms with Crippen LogP contribution in [0.3, 0.4) is 0 Å². The Balaban J connectivity index is 1.78. The smallest absolute Gasteiger partial charge is 0.109 e. The van der Waals surface area contributed by atoms with E-state index in [-0.39, 0.29) is 0 Å². The van der Waals surface area contributed by atoms with Gasteiger partial charge in [0.05, 0.1) is 12.6 Å². The van der Waals surface area contributed by atoms with E-state index in [1.807, 2.05) is 7.05 Å². The molecule has 0 aromatic heterocycles. The lowest BCUT2D eigenvalue weighted by molar-refractivity contribution is 0.190. The summed E-state index contributed by atoms with van der Waals surface area (Å²) in [5.41, 5.74) is 3.05. The maximum atomic E-state index is 5.75. The number of ether oxygens (including phenoxy) is 1. The summed E-state index contributed by atoms with van der Waals surface area (Å²) in [6, 6.07) is 9.24. The summed E-state index contributed by atoms with van der Waals surface area (Å²) in [7, 11) is 2.05. The predicted octanol–water partition coefficient (Wildman–Crippen LogP) is 2.68. The molecule has 2 nitrogen and oxygen atoms in total. The SMILES string of the molecule is CNC(C1=CCCO1)C1CCc2ccccc2C1. The lowest BCUT2D eigenvalue weighted by Crippen LogP contribution is -2.38. The largest absolute Gasteiger partial charge is 0.496 e. The van der Waals surface area contributed by atoms with Crippen molar-refractivity contribution in [2.24, 2.45) is 5.92 Å². The number of rotatable bonds is 3. The highest BCUT2D eigenvalue weighted by atomic mass is 16.5. The van der Waals surface area contributed by atoms with Crippen molar-refractivity contribution in [2.75, 3.05) is 13.7 Å². The first-order valence-corrected chi connectivity index (χ1v) is 6.95. The van der Waals surface area contributed by atoms with Crippen molar-refractivity contribution >= 4 is 0 Å². The fraction of sp³-hybridized carbons (Fsp3) is 0.500. The van der Waals surface area contributed by atoms with E-state index in [0.717, 1.165) is 13.0 Å². The summed E-state index contributed by atoms with van der Waals surface area (Å²) < 4.78 is 5.75. The summed E-state index contributed by atoms with van der Waals surface area (Å²) in [6.07, 6.45) is 6.94. The van der Waals surface area contributed by atoms with Crippen LogP contribution in [0.1, 0.15) is 24.0 Å². The van der Waals surface area contributed by atoms with Gasteiger partial charge in [-0.3, -0.25) is 0 Å². The Morgan fingerprint density at radius 2 is 2.11 bits per heavy atom. The minimum Gasteiger partial charge on any atom is -0.496 e. The molecule has 96 valence electrons. The monoisotopic (exact) mass is 243 g/mol. The Morgan fingerprint density at radius 1 is 1.28 bits per heavy atom. The van der Waals surface area contributed by atoms with Crippen molar-refractivity contribution < 1.29 is 4.74 Å². The summed E-state index contributed by atoms with van der Waals surface area (Å²) in [5, 5.41) is 3.45. The minimum atomic E-state index is 0.390. The first-order valence-electron chi connectivity index (χ1n) is 6.95. The van der Waals surface area contributed by atoms with Crippen molar-refractivity contribution in [3.63, 3.8) is 0 Å². The van der Waals surface area contributed by atoms with Gasteiger partial charge < -0.3 is 10.1 Å². The summed E-state index contributed by atoms with van der Waals surface area (Å²) in [6.45, 7) is 0.858. The van der Waals surface area contributed by atoms with Crippen LogP contribution in [-0.2, 0) is 17.6 Å². The van der Waals surface area contributed by atoms with Crippen LogP contribution in [0.4, 0.5) is 0 Å². The third-order valence-corrected chi connectivity index (χ3v) is 4.21. The second-order valence-corrected chi connectivity index (χ2v) is 5.28. The third-order valence-electron chi connectivity index (χ3n) is 4.21. The molecule has 0 saturated carbocycles. The highest BCUT2D eigenvalue weighted by molar-refractivity contribution is 5.30. The number of aryl methyl sites for hydroxylation is 1. The first kappa shape index (κ1) is 11.8. The second-order valence-electron chi connectivity index (χ2n) is 5.28. The van der Waals surface area contributed by atoms with E-state index in [1.54, 1.807) is 0 Å². The highest BCUT2D eigenvalue weighted by Gasteiger charge is 2.29. The molecule has 1 heterocycles. The third kappa shape index (κ3) is 2.17. The normalized spacial score (nSPS) is 24.1. The van der Waals surface area contributed by atoms with Crippen molar-refractivity contribution in [3.05, 3.63) is 47.2 Å². The average molecular weight is 243 g/mol. The maximum Gasteiger partial charge on any atom is 0.109 e. The Kier molecular flexibility index (Phi) is 3.37. The van der Waals surface area contributed by atoms with Crippen LogP contribution in [-0.4, -0.2) is 19.7 Å². The molecule has 1 N–H and O–H groups in total. The van der Waals surface area contributed by atoms with Gasteiger partial charge in [-0.1, -0.05) is 24.3 Å². The average Bonchev–Trinajstić information content (AvgIpc) is 2.93. The summed E-state index contributed by atoms with van der Waals surface area (Å²) in [4.78, 5) is 0. The van der Waals surface area contributed by atoms with Crippen LogP contribution in [0.2, 0.25) is 0 Å². The topological polar surface area (TPSA) is 21.3 Å². The van der Waals surface area contributed by atoms with E-state index in [1.165, 1.54) is 36.1 Å². The van der Waals surface area contributed by atoms with E-state index in [9.17, 15) is 0 Å². The lowest BCUT2D eigenvalue weighted by Gasteiger charge is -2.31. The van der Waals surface area contributed by atoms with Crippen molar-refractivity contribution in [2.45, 2.75) is 31.7 Å². The molecular weight excluding hydrogens is 222 g/mol. The Labute approximate surface area is 109 Å². The molecule has 2 unspecified atom stereocenters. The molecule has 1 aromatic rings. The predicted molar refractivity (Wildman–Crippen MR) is 73.5 cm³/mol. The minimum absolute atomic E-state index is 0.390. The van der Waals surface area contributed by atoms with Crippen molar-refractivity contribution in [3.8, 4) is 0 Å². The molecule has 0 bridgehead atoms. The van der Waals surface area contributed by atoms with Gasteiger partial charge in [0.25, 0.3) is 0 Å². The van der Waals surface area contributed by atoms with E-state index in [2.05, 4.69) is 35.7 Å². The molecule has 0 radical (unpaired) electrons. The van der Waals surface area contributed by atoms with Crippen LogP contribution in [0, 0.1) is 5.92 Å². The molecule has 0 amide bonds. The van der Waals surface area contributed by atoms with Gasteiger partial charge in [-0.2, -0.15) is 0 Å². The standard InChI is InChI=1S/C16H21NO/c1-17-16(15-7-4-10-18-15)14-9-8-12-5-2-3-6-13(12)11-14/h2-3,5-7,14,16-17H,4,8-11H2,1H3. The van der Waals surface area contributed by atoms with Gasteiger partial charge in [0.2, 0.25) is 0 Å². The number of nitrogens with one attached hydrogen (secondary N) is 1. The first-order chi connectivity index (χ1) is 8.88. The van der Waals surface area contributed by atoms with Gasteiger partial charge in [0, 0.05) is 6.42 Å². The van der Waals surface area contributed by atoms with Crippen LogP contribution < -0.4 is 5.32 Å². The van der Waals surface area contributed by atoms with Crippen LogP contribution in [0.25, 0.3) is 0 Å². The van der Waals surface area contributed by atoms with Crippen LogP contribution >= 0.6 is 0 Å². The van der Waals surface area contributed by atoms with Crippen LogP contribution in [0.15, 0.2) is 36.1 Å². The molecule has 2 heteroatoms. The van der Waals surface area contributed by atoms with E-state index >= 15 is 0 Å². The quantitative estimate of drug-likeness (QED) is 0.881. The molecule has 0 fully saturated rings. The van der Waals surface area contributed by atoms with Gasteiger partial charge in [-0.05, 0) is 49.4 Å². The maximum absolute atomic E-state index is 5.75. The molecule has 1 aliphatic heterocycles. The zero-order valence-electron chi connectivity index (χ0n) is 11.0. The van der Waals surface area contributed by atoms with E-state index in [4.69, 9.17) is 4.74 Å². The summed E-state index contributed by atoms with van der Waals surface area (Å²) >= 11 is 0. The van der Waals surface area contributed by atoms with Crippen LogP contribution in [0.5, 0.6) is 0 Å². The van der Waals surface area contributed by atoms with Gasteiger partial charge >= 0.3 is 0 Å². The molecule has 1 aromatic carbocycles. The van der Waals surface area contributed by atoms with E-state index in [0.29, 0.717) is 12.0 Å². The van der Waals surface area contributed by atoms with Gasteiger partial charge in [-0.15, -0.1) is 0 Å². The molecule has 0 saturated heterocycles. The Morgan fingerprint density at radius 3 is 2.83 bits per heavy atom. The van der Waals surface area contributed by atoms with Gasteiger partial charge in [-0.25, -0.2) is 0 Å². The number of fused-ring (bicyclic) bond motifs is 1. The van der Waals surface area contributed by atoms with Gasteiger partial charge in [0.1, 0.15) is 5.76 Å². The molecule has 18 heavy (non-hydrogen) atoms. The Bertz CT molecular complexity index is 452. The zero-order chi connectivity index (χ0) is 12.4. The fourth-order valence-corrected chi connectivity index (χ4v) is 3.27. The Hall–Kier alpha value is -1.28. The molecular formula is C16H21NO. The zero-order valence-corrected chi connectivity index (χ0v) is 11.0. The lowest BCUT2D eigenvalue weighted by atomic mass is 9.79. The number of hydrogen-bond donors (Lipinski definition) is 1. The molecule has 3 rings (SSSR count). The van der Waals surface area contributed by atoms with Crippen molar-refractivity contribution in [1.82, 2.24) is 5.32 Å². The molecule has 0 spiro atoms. The van der Waals surface area contributed by atoms with Gasteiger partial charge in [0.15, 0.2) is 0 Å². The molecule has 1 aliphatic carbocycles. The molecule has 2 aliphatic rings. The van der Waals surface area contributed by atoms with Crippen molar-refractivity contribution in [1.29, 1.82) is 0 Å². The number of hydrogen-bond acceptors (Lipinski definition) is 2.